The quantitative estimate of drug-likeness (QED) is 0.678. The van der Waals surface area contributed by atoms with Gasteiger partial charge in [0.1, 0.15) is 11.6 Å². The predicted octanol–water partition coefficient (Wildman–Crippen LogP) is 4.64. The van der Waals surface area contributed by atoms with E-state index in [1.807, 2.05) is 0 Å². The lowest BCUT2D eigenvalue weighted by molar-refractivity contribution is -0.137. The van der Waals surface area contributed by atoms with Gasteiger partial charge in [0.25, 0.3) is 0 Å². The normalized spacial score (nSPS) is 17.0. The Hall–Kier alpha value is -2.48. The highest BCUT2D eigenvalue weighted by Gasteiger charge is 2.37. The lowest BCUT2D eigenvalue weighted by Gasteiger charge is -2.35. The summed E-state index contributed by atoms with van der Waals surface area (Å²) < 4.78 is 45.4. The van der Waals surface area contributed by atoms with Gasteiger partial charge < -0.3 is 14.5 Å². The van der Waals surface area contributed by atoms with Gasteiger partial charge in [0.2, 0.25) is 5.91 Å². The third-order valence-corrected chi connectivity index (χ3v) is 5.42. The summed E-state index contributed by atoms with van der Waals surface area (Å²) in [5.74, 6) is -0.0578. The number of nitrogens with zero attached hydrogens (tertiary/aromatic N) is 3. The van der Waals surface area contributed by atoms with Crippen LogP contribution in [0, 0.1) is 5.92 Å². The maximum atomic E-state index is 13.4. The first-order chi connectivity index (χ1) is 14.2. The first kappa shape index (κ1) is 22.2. The van der Waals surface area contributed by atoms with Crippen molar-refractivity contribution < 1.29 is 22.7 Å². The van der Waals surface area contributed by atoms with Gasteiger partial charge in [-0.25, -0.2) is 4.98 Å². The van der Waals surface area contributed by atoms with Crippen LogP contribution in [-0.2, 0) is 17.5 Å². The van der Waals surface area contributed by atoms with Crippen LogP contribution >= 0.6 is 11.6 Å². The van der Waals surface area contributed by atoms with E-state index < -0.39 is 17.7 Å². The number of hydrogen-bond donors (Lipinski definition) is 0. The molecule has 1 saturated heterocycles. The lowest BCUT2D eigenvalue weighted by Crippen LogP contribution is -2.44. The molecule has 5 nitrogen and oxygen atoms in total. The molecule has 162 valence electrons. The highest BCUT2D eigenvalue weighted by molar-refractivity contribution is 6.30. The van der Waals surface area contributed by atoms with Gasteiger partial charge in [-0.05, 0) is 43.2 Å². The lowest BCUT2D eigenvalue weighted by atomic mass is 9.96. The van der Waals surface area contributed by atoms with Crippen LogP contribution in [0.1, 0.15) is 24.0 Å². The van der Waals surface area contributed by atoms with Crippen LogP contribution in [0.15, 0.2) is 36.5 Å². The second-order valence-corrected chi connectivity index (χ2v) is 7.74. The second-order valence-electron chi connectivity index (χ2n) is 7.31. The molecule has 2 aromatic rings. The Kier molecular flexibility index (Phi) is 6.75. The maximum absolute atomic E-state index is 13.4. The first-order valence-corrected chi connectivity index (χ1v) is 9.93. The summed E-state index contributed by atoms with van der Waals surface area (Å²) in [4.78, 5) is 20.1. The number of piperidine rings is 1. The number of amides is 1. The number of aromatic nitrogens is 1. The molecule has 30 heavy (non-hydrogen) atoms. The molecule has 0 radical (unpaired) electrons. The van der Waals surface area contributed by atoms with Crippen molar-refractivity contribution in [2.75, 3.05) is 32.1 Å². The second kappa shape index (κ2) is 9.12. The third-order valence-electron chi connectivity index (χ3n) is 5.19. The maximum Gasteiger partial charge on any atom is 0.419 e. The number of hydrogen-bond acceptors (Lipinski definition) is 4. The van der Waals surface area contributed by atoms with Crippen molar-refractivity contribution in [3.8, 4) is 5.75 Å². The molecular formula is C21H23ClF3N3O2. The average molecular weight is 442 g/mol. The average Bonchev–Trinajstić information content (AvgIpc) is 2.73. The number of alkyl halides is 3. The summed E-state index contributed by atoms with van der Waals surface area (Å²) in [5, 5.41) is 0.533. The van der Waals surface area contributed by atoms with Gasteiger partial charge in [0.05, 0.1) is 18.6 Å². The molecule has 1 unspecified atom stereocenters. The number of pyridine rings is 1. The molecule has 0 saturated carbocycles. The van der Waals surface area contributed by atoms with E-state index in [0.717, 1.165) is 11.6 Å². The first-order valence-electron chi connectivity index (χ1n) is 9.55. The number of halogens is 4. The van der Waals surface area contributed by atoms with E-state index in [0.29, 0.717) is 30.2 Å². The minimum absolute atomic E-state index is 0.123. The fraction of sp³-hybridized carbons (Fsp3) is 0.429. The molecular weight excluding hydrogens is 419 g/mol. The van der Waals surface area contributed by atoms with Crippen molar-refractivity contribution >= 4 is 23.3 Å². The van der Waals surface area contributed by atoms with Crippen LogP contribution in [0.4, 0.5) is 19.0 Å². The summed E-state index contributed by atoms with van der Waals surface area (Å²) in [6.07, 6.45) is -1.94. The van der Waals surface area contributed by atoms with Gasteiger partial charge in [-0.15, -0.1) is 0 Å². The van der Waals surface area contributed by atoms with E-state index in [-0.39, 0.29) is 24.8 Å². The molecule has 0 bridgehead atoms. The Balaban J connectivity index is 1.74. The number of carbonyl (C=O) groups excluding carboxylic acids is 1. The van der Waals surface area contributed by atoms with E-state index in [2.05, 4.69) is 4.98 Å². The minimum Gasteiger partial charge on any atom is -0.496 e. The number of benzene rings is 1. The molecule has 3 rings (SSSR count). The van der Waals surface area contributed by atoms with Gasteiger partial charge in [-0.1, -0.05) is 11.6 Å². The van der Waals surface area contributed by atoms with Crippen molar-refractivity contribution in [1.29, 1.82) is 0 Å². The minimum atomic E-state index is -4.50. The highest BCUT2D eigenvalue weighted by Crippen LogP contribution is 2.36. The van der Waals surface area contributed by atoms with Crippen molar-refractivity contribution in [2.45, 2.75) is 25.6 Å². The van der Waals surface area contributed by atoms with Crippen LogP contribution in [0.5, 0.6) is 5.75 Å². The fourth-order valence-electron chi connectivity index (χ4n) is 3.76. The van der Waals surface area contributed by atoms with Gasteiger partial charge in [-0.2, -0.15) is 13.2 Å². The summed E-state index contributed by atoms with van der Waals surface area (Å²) in [5.41, 5.74) is -0.0206. The molecule has 2 heterocycles. The third kappa shape index (κ3) is 4.98. The van der Waals surface area contributed by atoms with E-state index in [4.69, 9.17) is 16.3 Å². The zero-order valence-electron chi connectivity index (χ0n) is 16.7. The molecule has 0 aliphatic carbocycles. The topological polar surface area (TPSA) is 45.7 Å². The number of methoxy groups -OCH3 is 1. The molecule has 1 fully saturated rings. The molecule has 1 aromatic heterocycles. The molecule has 1 atom stereocenters. The van der Waals surface area contributed by atoms with Crippen molar-refractivity contribution in [3.63, 3.8) is 0 Å². The molecule has 0 spiro atoms. The number of ether oxygens (including phenoxy) is 1. The highest BCUT2D eigenvalue weighted by atomic mass is 35.5. The Labute approximate surface area is 178 Å². The number of rotatable bonds is 5. The van der Waals surface area contributed by atoms with Crippen LogP contribution in [0.3, 0.4) is 0 Å². The van der Waals surface area contributed by atoms with Crippen molar-refractivity contribution in [3.05, 3.63) is 52.7 Å². The zero-order valence-corrected chi connectivity index (χ0v) is 17.5. The largest absolute Gasteiger partial charge is 0.496 e. The van der Waals surface area contributed by atoms with Gasteiger partial charge >= 0.3 is 6.18 Å². The summed E-state index contributed by atoms with van der Waals surface area (Å²) in [7, 11) is 3.21. The van der Waals surface area contributed by atoms with E-state index >= 15 is 0 Å². The van der Waals surface area contributed by atoms with E-state index in [1.165, 1.54) is 12.3 Å². The SMILES string of the molecule is COc1ccc(Cl)cc1CN(C)C(=O)C1CCCN(c2ncccc2C(F)(F)F)C1. The van der Waals surface area contributed by atoms with Crippen molar-refractivity contribution in [2.24, 2.45) is 5.92 Å². The summed E-state index contributed by atoms with van der Waals surface area (Å²) in [6.45, 7) is 0.905. The molecule has 1 aliphatic heterocycles. The van der Waals surface area contributed by atoms with E-state index in [1.54, 1.807) is 42.2 Å². The molecule has 1 aromatic carbocycles. The predicted molar refractivity (Wildman–Crippen MR) is 109 cm³/mol. The van der Waals surface area contributed by atoms with Crippen molar-refractivity contribution in [1.82, 2.24) is 9.88 Å². The van der Waals surface area contributed by atoms with Crippen LogP contribution in [0.25, 0.3) is 0 Å². The fourth-order valence-corrected chi connectivity index (χ4v) is 3.95. The molecule has 1 amide bonds. The molecule has 0 N–H and O–H groups in total. The zero-order chi connectivity index (χ0) is 21.9. The monoisotopic (exact) mass is 441 g/mol. The van der Waals surface area contributed by atoms with Crippen LogP contribution in [0.2, 0.25) is 5.02 Å². The Bertz CT molecular complexity index is 907. The summed E-state index contributed by atoms with van der Waals surface area (Å²) >= 11 is 6.06. The Morgan fingerprint density at radius 1 is 1.37 bits per heavy atom. The number of anilines is 1. The number of carbonyl (C=O) groups is 1. The standard InChI is InChI=1S/C21H23ClF3N3O2/c1-27(12-15-11-16(22)7-8-18(15)30-2)20(29)14-5-4-10-28(13-14)19-17(21(23,24)25)6-3-9-26-19/h3,6-9,11,14H,4-5,10,12-13H2,1-2H3. The summed E-state index contributed by atoms with van der Waals surface area (Å²) in [6, 6.07) is 7.46. The van der Waals surface area contributed by atoms with Crippen LogP contribution < -0.4 is 9.64 Å². The van der Waals surface area contributed by atoms with Crippen LogP contribution in [-0.4, -0.2) is 43.0 Å². The molecule has 1 aliphatic rings. The smallest absolute Gasteiger partial charge is 0.419 e. The van der Waals surface area contributed by atoms with Gasteiger partial charge in [0, 0.05) is 43.5 Å². The van der Waals surface area contributed by atoms with Gasteiger partial charge in [-0.3, -0.25) is 4.79 Å². The molecule has 9 heteroatoms. The Morgan fingerprint density at radius 2 is 2.13 bits per heavy atom. The van der Waals surface area contributed by atoms with E-state index in [9.17, 15) is 18.0 Å². The Morgan fingerprint density at radius 3 is 2.83 bits per heavy atom. The van der Waals surface area contributed by atoms with Gasteiger partial charge in [0.15, 0.2) is 0 Å².